The molecule has 3 rings (SSSR count). The molecule has 0 amide bonds. The molecule has 1 aromatic rings. The van der Waals surface area contributed by atoms with E-state index in [1.807, 2.05) is 0 Å². The molecule has 152 valence electrons. The van der Waals surface area contributed by atoms with Crippen molar-refractivity contribution < 1.29 is 9.84 Å². The molecule has 4 nitrogen and oxygen atoms in total. The number of aryl methyl sites for hydroxylation is 1. The third kappa shape index (κ3) is 4.18. The number of rotatable bonds is 6. The van der Waals surface area contributed by atoms with Crippen LogP contribution in [0.25, 0.3) is 0 Å². The number of likely N-dealkylation sites (tertiary alicyclic amines) is 2. The van der Waals surface area contributed by atoms with Gasteiger partial charge in [0.15, 0.2) is 0 Å². The van der Waals surface area contributed by atoms with Gasteiger partial charge in [-0.15, -0.1) is 0 Å². The molecule has 2 saturated heterocycles. The molecule has 4 heteroatoms. The molecule has 2 fully saturated rings. The first-order chi connectivity index (χ1) is 12.9. The summed E-state index contributed by atoms with van der Waals surface area (Å²) in [7, 11) is 2.23. The molecule has 0 aromatic heterocycles. The van der Waals surface area contributed by atoms with Crippen molar-refractivity contribution >= 4 is 0 Å². The van der Waals surface area contributed by atoms with Crippen LogP contribution < -0.4 is 4.74 Å². The van der Waals surface area contributed by atoms with Crippen molar-refractivity contribution in [2.75, 3.05) is 39.9 Å². The number of benzene rings is 1. The van der Waals surface area contributed by atoms with E-state index in [2.05, 4.69) is 56.7 Å². The van der Waals surface area contributed by atoms with Crippen molar-refractivity contribution in [3.05, 3.63) is 28.8 Å². The number of piperidine rings is 2. The number of likely N-dealkylation sites (N-methyl/N-ethyl adjacent to an activating group) is 1. The summed E-state index contributed by atoms with van der Waals surface area (Å²) in [5.41, 5.74) is 4.16. The summed E-state index contributed by atoms with van der Waals surface area (Å²) in [6.07, 6.45) is 3.49. The number of ether oxygens (including phenoxy) is 1. The lowest BCUT2D eigenvalue weighted by molar-refractivity contribution is -0.0685. The number of aliphatic hydroxyl groups is 1. The lowest BCUT2D eigenvalue weighted by atomic mass is 9.69. The molecular formula is C23H38N2O2. The van der Waals surface area contributed by atoms with E-state index in [1.54, 1.807) is 0 Å². The monoisotopic (exact) mass is 374 g/mol. The van der Waals surface area contributed by atoms with Gasteiger partial charge in [0.2, 0.25) is 0 Å². The minimum Gasteiger partial charge on any atom is -0.494 e. The van der Waals surface area contributed by atoms with Crippen molar-refractivity contribution in [1.82, 2.24) is 9.80 Å². The average molecular weight is 375 g/mol. The van der Waals surface area contributed by atoms with Gasteiger partial charge in [-0.25, -0.2) is 0 Å². The van der Waals surface area contributed by atoms with Crippen LogP contribution >= 0.6 is 0 Å². The van der Waals surface area contributed by atoms with Gasteiger partial charge >= 0.3 is 0 Å². The Labute approximate surface area is 165 Å². The maximum atomic E-state index is 10.1. The van der Waals surface area contributed by atoms with Crippen molar-refractivity contribution in [2.45, 2.75) is 65.5 Å². The van der Waals surface area contributed by atoms with Gasteiger partial charge in [0.1, 0.15) is 5.75 Å². The van der Waals surface area contributed by atoms with Crippen LogP contribution in [0.3, 0.4) is 0 Å². The Morgan fingerprint density at radius 3 is 2.70 bits per heavy atom. The molecule has 0 spiro atoms. The zero-order valence-electron chi connectivity index (χ0n) is 17.9. The maximum Gasteiger partial charge on any atom is 0.123 e. The van der Waals surface area contributed by atoms with E-state index >= 15 is 0 Å². The molecule has 0 aliphatic carbocycles. The van der Waals surface area contributed by atoms with Crippen LogP contribution in [0.4, 0.5) is 0 Å². The lowest BCUT2D eigenvalue weighted by Gasteiger charge is -2.53. The molecule has 0 saturated carbocycles. The highest BCUT2D eigenvalue weighted by Crippen LogP contribution is 2.42. The second-order valence-electron chi connectivity index (χ2n) is 9.01. The molecule has 0 radical (unpaired) electrons. The van der Waals surface area contributed by atoms with Gasteiger partial charge in [-0.1, -0.05) is 19.9 Å². The summed E-state index contributed by atoms with van der Waals surface area (Å²) < 4.78 is 5.89. The van der Waals surface area contributed by atoms with Crippen molar-refractivity contribution in [1.29, 1.82) is 0 Å². The largest absolute Gasteiger partial charge is 0.494 e. The fourth-order valence-corrected chi connectivity index (χ4v) is 5.11. The zero-order valence-corrected chi connectivity index (χ0v) is 17.9. The normalized spacial score (nSPS) is 27.0. The quantitative estimate of drug-likeness (QED) is 0.822. The summed E-state index contributed by atoms with van der Waals surface area (Å²) >= 11 is 0. The van der Waals surface area contributed by atoms with E-state index in [0.29, 0.717) is 25.2 Å². The van der Waals surface area contributed by atoms with Gasteiger partial charge in [-0.05, 0) is 81.9 Å². The Morgan fingerprint density at radius 1 is 1.26 bits per heavy atom. The summed E-state index contributed by atoms with van der Waals surface area (Å²) in [6.45, 7) is 14.1. The van der Waals surface area contributed by atoms with Crippen LogP contribution in [0.5, 0.6) is 5.75 Å². The Morgan fingerprint density at radius 2 is 2.04 bits per heavy atom. The molecule has 27 heavy (non-hydrogen) atoms. The predicted octanol–water partition coefficient (Wildman–Crippen LogP) is 3.80. The molecule has 2 aliphatic rings. The van der Waals surface area contributed by atoms with E-state index < -0.39 is 0 Å². The Balaban J connectivity index is 1.78. The number of nitrogens with zero attached hydrogens (tertiary/aromatic N) is 2. The van der Waals surface area contributed by atoms with Crippen molar-refractivity contribution in [3.8, 4) is 5.75 Å². The minimum absolute atomic E-state index is 0.112. The third-order valence-electron chi connectivity index (χ3n) is 6.88. The maximum absolute atomic E-state index is 10.1. The lowest BCUT2D eigenvalue weighted by Crippen LogP contribution is -2.61. The summed E-state index contributed by atoms with van der Waals surface area (Å²) in [4.78, 5) is 5.07. The van der Waals surface area contributed by atoms with E-state index in [9.17, 15) is 5.11 Å². The standard InChI is InChI=1S/C23H38N2O2/c1-6-27-21-12-18(4)19(13-20(21)17(2)3)14-25-11-9-23(16-26)8-7-10-24(5)22(23)15-25/h12-13,17,22,26H,6-11,14-16H2,1-5H3/t22-,23-/m1/s1. The van der Waals surface area contributed by atoms with Crippen LogP contribution in [0.15, 0.2) is 12.1 Å². The third-order valence-corrected chi connectivity index (χ3v) is 6.88. The van der Waals surface area contributed by atoms with Crippen LogP contribution in [-0.4, -0.2) is 60.8 Å². The Bertz CT molecular complexity index is 646. The fourth-order valence-electron chi connectivity index (χ4n) is 5.11. The van der Waals surface area contributed by atoms with Gasteiger partial charge in [0.05, 0.1) is 13.2 Å². The van der Waals surface area contributed by atoms with Gasteiger partial charge in [-0.3, -0.25) is 4.90 Å². The van der Waals surface area contributed by atoms with Crippen LogP contribution in [-0.2, 0) is 6.54 Å². The summed E-state index contributed by atoms with van der Waals surface area (Å²) in [6, 6.07) is 5.06. The molecule has 1 aromatic carbocycles. The Hall–Kier alpha value is -1.10. The highest BCUT2D eigenvalue weighted by molar-refractivity contribution is 5.44. The number of hydrogen-bond acceptors (Lipinski definition) is 4. The SMILES string of the molecule is CCOc1cc(C)c(CN2CC[C@@]3(CO)CCCN(C)[C@@H]3C2)cc1C(C)C. The topological polar surface area (TPSA) is 35.9 Å². The summed E-state index contributed by atoms with van der Waals surface area (Å²) in [5, 5.41) is 10.1. The van der Waals surface area contributed by atoms with E-state index in [0.717, 1.165) is 38.3 Å². The molecule has 2 heterocycles. The van der Waals surface area contributed by atoms with Gasteiger partial charge in [0.25, 0.3) is 0 Å². The fraction of sp³-hybridized carbons (Fsp3) is 0.739. The number of aliphatic hydroxyl groups excluding tert-OH is 1. The zero-order chi connectivity index (χ0) is 19.6. The van der Waals surface area contributed by atoms with Gasteiger partial charge in [0, 0.05) is 24.5 Å². The van der Waals surface area contributed by atoms with Crippen LogP contribution in [0.2, 0.25) is 0 Å². The molecule has 0 unspecified atom stereocenters. The van der Waals surface area contributed by atoms with Crippen LogP contribution in [0.1, 0.15) is 62.6 Å². The molecule has 1 N–H and O–H groups in total. The molecule has 2 atom stereocenters. The van der Waals surface area contributed by atoms with E-state index in [1.165, 1.54) is 29.5 Å². The van der Waals surface area contributed by atoms with Gasteiger partial charge < -0.3 is 14.7 Å². The highest BCUT2D eigenvalue weighted by atomic mass is 16.5. The Kier molecular flexibility index (Phi) is 6.50. The average Bonchev–Trinajstić information content (AvgIpc) is 2.64. The molecular weight excluding hydrogens is 336 g/mol. The number of hydrogen-bond donors (Lipinski definition) is 1. The highest BCUT2D eigenvalue weighted by Gasteiger charge is 2.46. The molecule has 0 bridgehead atoms. The first-order valence-electron chi connectivity index (χ1n) is 10.7. The second kappa shape index (κ2) is 8.50. The first-order valence-corrected chi connectivity index (χ1v) is 10.7. The summed E-state index contributed by atoms with van der Waals surface area (Å²) in [5.74, 6) is 1.50. The second-order valence-corrected chi connectivity index (χ2v) is 9.01. The molecule has 2 aliphatic heterocycles. The van der Waals surface area contributed by atoms with Gasteiger partial charge in [-0.2, -0.15) is 0 Å². The smallest absolute Gasteiger partial charge is 0.123 e. The first kappa shape index (κ1) is 20.6. The minimum atomic E-state index is 0.112. The number of fused-ring (bicyclic) bond motifs is 1. The van der Waals surface area contributed by atoms with Crippen LogP contribution in [0, 0.1) is 12.3 Å². The van der Waals surface area contributed by atoms with E-state index in [4.69, 9.17) is 4.74 Å². The van der Waals surface area contributed by atoms with Crippen molar-refractivity contribution in [3.63, 3.8) is 0 Å². The predicted molar refractivity (Wildman–Crippen MR) is 112 cm³/mol. The van der Waals surface area contributed by atoms with Crippen molar-refractivity contribution in [2.24, 2.45) is 5.41 Å². The van der Waals surface area contributed by atoms with E-state index in [-0.39, 0.29) is 5.41 Å².